The predicted octanol–water partition coefficient (Wildman–Crippen LogP) is 4.52. The van der Waals surface area contributed by atoms with Gasteiger partial charge in [-0.3, -0.25) is 9.59 Å². The van der Waals surface area contributed by atoms with E-state index in [9.17, 15) is 9.59 Å². The highest BCUT2D eigenvalue weighted by molar-refractivity contribution is 6.02. The molecule has 0 aliphatic rings. The van der Waals surface area contributed by atoms with Crippen molar-refractivity contribution in [1.29, 1.82) is 0 Å². The number of amides is 2. The Kier molecular flexibility index (Phi) is 6.57. The second kappa shape index (κ2) is 9.31. The molecular weight excluding hydrogens is 380 g/mol. The Morgan fingerprint density at radius 1 is 0.967 bits per heavy atom. The van der Waals surface area contributed by atoms with Gasteiger partial charge in [0.25, 0.3) is 11.8 Å². The van der Waals surface area contributed by atoms with E-state index in [1.807, 2.05) is 36.4 Å². The summed E-state index contributed by atoms with van der Waals surface area (Å²) >= 11 is 0. The number of benzene rings is 2. The maximum Gasteiger partial charge on any atom is 0.291 e. The van der Waals surface area contributed by atoms with Crippen molar-refractivity contribution >= 4 is 17.5 Å². The van der Waals surface area contributed by atoms with Crippen LogP contribution in [0.5, 0.6) is 5.75 Å². The van der Waals surface area contributed by atoms with Gasteiger partial charge in [0, 0.05) is 12.2 Å². The molecule has 156 valence electrons. The third kappa shape index (κ3) is 5.98. The van der Waals surface area contributed by atoms with E-state index in [1.54, 1.807) is 24.3 Å². The standard InChI is InChI=1S/C24H26N2O4/c1-24(2,3)18-8-12-20(13-9-18)30-16-22(27)25-15-17-6-10-19(11-7-17)26-23(28)21-5-4-14-29-21/h4-14H,15-16H2,1-3H3,(H,25,27)(H,26,28). The number of nitrogens with one attached hydrogen (secondary N) is 2. The molecule has 2 aromatic carbocycles. The largest absolute Gasteiger partial charge is 0.484 e. The zero-order chi connectivity index (χ0) is 21.6. The molecule has 0 saturated carbocycles. The van der Waals surface area contributed by atoms with Gasteiger partial charge in [-0.1, -0.05) is 45.0 Å². The minimum atomic E-state index is -0.311. The summed E-state index contributed by atoms with van der Waals surface area (Å²) in [5.74, 6) is 0.396. The van der Waals surface area contributed by atoms with Gasteiger partial charge in [-0.2, -0.15) is 0 Å². The number of carbonyl (C=O) groups excluding carboxylic acids is 2. The summed E-state index contributed by atoms with van der Waals surface area (Å²) in [6.07, 6.45) is 1.45. The summed E-state index contributed by atoms with van der Waals surface area (Å²) in [6.45, 7) is 6.77. The molecule has 0 atom stereocenters. The molecule has 3 rings (SSSR count). The first-order valence-electron chi connectivity index (χ1n) is 9.75. The fourth-order valence-corrected chi connectivity index (χ4v) is 2.76. The van der Waals surface area contributed by atoms with Gasteiger partial charge in [0.05, 0.1) is 6.26 Å². The molecule has 2 N–H and O–H groups in total. The quantitative estimate of drug-likeness (QED) is 0.604. The lowest BCUT2D eigenvalue weighted by Crippen LogP contribution is -2.28. The number of ether oxygens (including phenoxy) is 1. The molecule has 6 heteroatoms. The monoisotopic (exact) mass is 406 g/mol. The number of anilines is 1. The Bertz CT molecular complexity index is 970. The zero-order valence-corrected chi connectivity index (χ0v) is 17.4. The number of hydrogen-bond donors (Lipinski definition) is 2. The first kappa shape index (κ1) is 21.2. The van der Waals surface area contributed by atoms with Crippen LogP contribution < -0.4 is 15.4 Å². The molecule has 0 radical (unpaired) electrons. The van der Waals surface area contributed by atoms with Crippen molar-refractivity contribution in [3.63, 3.8) is 0 Å². The molecule has 1 aromatic heterocycles. The van der Waals surface area contributed by atoms with E-state index in [4.69, 9.17) is 9.15 Å². The number of carbonyl (C=O) groups is 2. The van der Waals surface area contributed by atoms with E-state index < -0.39 is 0 Å². The van der Waals surface area contributed by atoms with Gasteiger partial charge in [-0.05, 0) is 52.9 Å². The van der Waals surface area contributed by atoms with Gasteiger partial charge in [0.1, 0.15) is 5.75 Å². The van der Waals surface area contributed by atoms with E-state index in [-0.39, 0.29) is 29.6 Å². The normalized spacial score (nSPS) is 11.0. The van der Waals surface area contributed by atoms with Crippen molar-refractivity contribution in [2.75, 3.05) is 11.9 Å². The topological polar surface area (TPSA) is 80.6 Å². The van der Waals surface area contributed by atoms with Crippen molar-refractivity contribution < 1.29 is 18.7 Å². The molecule has 0 spiro atoms. The Morgan fingerprint density at radius 2 is 1.67 bits per heavy atom. The Hall–Kier alpha value is -3.54. The van der Waals surface area contributed by atoms with Crippen molar-refractivity contribution in [3.8, 4) is 5.75 Å². The van der Waals surface area contributed by atoms with Crippen LogP contribution in [-0.2, 0) is 16.8 Å². The first-order chi connectivity index (χ1) is 14.3. The summed E-state index contributed by atoms with van der Waals surface area (Å²) in [5.41, 5.74) is 2.85. The lowest BCUT2D eigenvalue weighted by Gasteiger charge is -2.19. The molecule has 0 fully saturated rings. The minimum Gasteiger partial charge on any atom is -0.484 e. The van der Waals surface area contributed by atoms with E-state index in [0.29, 0.717) is 18.0 Å². The van der Waals surface area contributed by atoms with Crippen molar-refractivity contribution in [2.24, 2.45) is 0 Å². The van der Waals surface area contributed by atoms with Gasteiger partial charge in [-0.25, -0.2) is 0 Å². The van der Waals surface area contributed by atoms with Crippen LogP contribution in [0.15, 0.2) is 71.3 Å². The highest BCUT2D eigenvalue weighted by Gasteiger charge is 2.13. The number of rotatable bonds is 7. The molecule has 0 aliphatic carbocycles. The molecule has 0 unspecified atom stereocenters. The number of furan rings is 1. The third-order valence-electron chi connectivity index (χ3n) is 4.54. The summed E-state index contributed by atoms with van der Waals surface area (Å²) in [5, 5.41) is 5.57. The van der Waals surface area contributed by atoms with Crippen LogP contribution in [0.2, 0.25) is 0 Å². The summed E-state index contributed by atoms with van der Waals surface area (Å²) in [7, 11) is 0. The molecule has 0 aliphatic heterocycles. The van der Waals surface area contributed by atoms with Crippen LogP contribution in [-0.4, -0.2) is 18.4 Å². The van der Waals surface area contributed by atoms with Gasteiger partial charge >= 0.3 is 0 Å². The maximum atomic E-state index is 12.1. The SMILES string of the molecule is CC(C)(C)c1ccc(OCC(=O)NCc2ccc(NC(=O)c3ccco3)cc2)cc1. The molecule has 0 saturated heterocycles. The molecule has 1 heterocycles. The van der Waals surface area contributed by atoms with E-state index in [0.717, 1.165) is 5.56 Å². The molecule has 2 amide bonds. The maximum absolute atomic E-state index is 12.1. The average molecular weight is 406 g/mol. The smallest absolute Gasteiger partial charge is 0.291 e. The van der Waals surface area contributed by atoms with Crippen LogP contribution in [0.3, 0.4) is 0 Å². The van der Waals surface area contributed by atoms with Crippen molar-refractivity contribution in [3.05, 3.63) is 83.8 Å². The van der Waals surface area contributed by atoms with Crippen LogP contribution >= 0.6 is 0 Å². The van der Waals surface area contributed by atoms with E-state index in [1.165, 1.54) is 11.8 Å². The average Bonchev–Trinajstić information content (AvgIpc) is 3.26. The number of hydrogen-bond acceptors (Lipinski definition) is 4. The van der Waals surface area contributed by atoms with Crippen molar-refractivity contribution in [1.82, 2.24) is 5.32 Å². The van der Waals surface area contributed by atoms with Gasteiger partial charge in [0.15, 0.2) is 12.4 Å². The van der Waals surface area contributed by atoms with E-state index >= 15 is 0 Å². The predicted molar refractivity (Wildman–Crippen MR) is 116 cm³/mol. The van der Waals surface area contributed by atoms with Gasteiger partial charge in [0.2, 0.25) is 0 Å². The zero-order valence-electron chi connectivity index (χ0n) is 17.4. The third-order valence-corrected chi connectivity index (χ3v) is 4.54. The molecule has 6 nitrogen and oxygen atoms in total. The summed E-state index contributed by atoms with van der Waals surface area (Å²) in [6, 6.07) is 18.3. The fourth-order valence-electron chi connectivity index (χ4n) is 2.76. The Labute approximate surface area is 176 Å². The molecule has 0 bridgehead atoms. The second-order valence-electron chi connectivity index (χ2n) is 7.97. The van der Waals surface area contributed by atoms with E-state index in [2.05, 4.69) is 31.4 Å². The highest BCUT2D eigenvalue weighted by atomic mass is 16.5. The lowest BCUT2D eigenvalue weighted by molar-refractivity contribution is -0.123. The second-order valence-corrected chi connectivity index (χ2v) is 7.97. The first-order valence-corrected chi connectivity index (χ1v) is 9.75. The van der Waals surface area contributed by atoms with Crippen LogP contribution in [0.1, 0.15) is 42.5 Å². The minimum absolute atomic E-state index is 0.0495. The Morgan fingerprint density at radius 3 is 2.27 bits per heavy atom. The van der Waals surface area contributed by atoms with Gasteiger partial charge in [-0.15, -0.1) is 0 Å². The fraction of sp³-hybridized carbons (Fsp3) is 0.250. The lowest BCUT2D eigenvalue weighted by atomic mass is 9.87. The molecule has 30 heavy (non-hydrogen) atoms. The highest BCUT2D eigenvalue weighted by Crippen LogP contribution is 2.24. The van der Waals surface area contributed by atoms with Gasteiger partial charge < -0.3 is 19.8 Å². The van der Waals surface area contributed by atoms with Crippen LogP contribution in [0.4, 0.5) is 5.69 Å². The Balaban J connectivity index is 1.42. The van der Waals surface area contributed by atoms with Crippen LogP contribution in [0, 0.1) is 0 Å². The van der Waals surface area contributed by atoms with Crippen molar-refractivity contribution in [2.45, 2.75) is 32.7 Å². The summed E-state index contributed by atoms with van der Waals surface area (Å²) in [4.78, 5) is 24.0. The molecular formula is C24H26N2O4. The summed E-state index contributed by atoms with van der Waals surface area (Å²) < 4.78 is 10.6. The van der Waals surface area contributed by atoms with Crippen LogP contribution in [0.25, 0.3) is 0 Å². The molecule has 3 aromatic rings.